The van der Waals surface area contributed by atoms with E-state index in [2.05, 4.69) is 5.32 Å². The number of nitrogens with zero attached hydrogens (tertiary/aromatic N) is 1. The van der Waals surface area contributed by atoms with Crippen molar-refractivity contribution in [3.05, 3.63) is 0 Å². The second kappa shape index (κ2) is 3.05. The molecule has 1 saturated heterocycles. The molecule has 1 aliphatic heterocycles. The van der Waals surface area contributed by atoms with Gasteiger partial charge in [0.2, 0.25) is 5.91 Å². The normalized spacial score (nSPS) is 37.6. The second-order valence-corrected chi connectivity index (χ2v) is 4.20. The van der Waals surface area contributed by atoms with E-state index in [0.717, 1.165) is 6.42 Å². The fourth-order valence-corrected chi connectivity index (χ4v) is 2.65. The van der Waals surface area contributed by atoms with E-state index in [0.29, 0.717) is 19.4 Å². The first-order chi connectivity index (χ1) is 6.59. The van der Waals surface area contributed by atoms with Gasteiger partial charge in [0.15, 0.2) is 0 Å². The Labute approximate surface area is 83.6 Å². The van der Waals surface area contributed by atoms with E-state index in [1.54, 1.807) is 0 Å². The lowest BCUT2D eigenvalue weighted by molar-refractivity contribution is -0.131. The molecule has 4 heteroatoms. The van der Waals surface area contributed by atoms with Crippen molar-refractivity contribution in [1.82, 2.24) is 10.2 Å². The molecule has 4 nitrogen and oxygen atoms in total. The molecule has 1 heterocycles. The monoisotopic (exact) mass is 196 g/mol. The first-order valence-electron chi connectivity index (χ1n) is 5.20. The molecule has 78 valence electrons. The summed E-state index contributed by atoms with van der Waals surface area (Å²) in [6, 6.07) is -0.138. The summed E-state index contributed by atoms with van der Waals surface area (Å²) in [5.74, 6) is 0.389. The maximum absolute atomic E-state index is 11.8. The minimum absolute atomic E-state index is 0.127. The molecule has 1 N–H and O–H groups in total. The standard InChI is InChI=1S/C10H16N2O2/c1-3-12-9(14)7(2)11-10(12)5-4-8(13)6-10/h7,11H,3-6H2,1-2H3. The van der Waals surface area contributed by atoms with Crippen LogP contribution >= 0.6 is 0 Å². The van der Waals surface area contributed by atoms with Crippen LogP contribution in [0.1, 0.15) is 33.1 Å². The Balaban J connectivity index is 2.27. The van der Waals surface area contributed by atoms with E-state index in [4.69, 9.17) is 0 Å². The van der Waals surface area contributed by atoms with Crippen molar-refractivity contribution >= 4 is 11.7 Å². The Kier molecular flexibility index (Phi) is 2.10. The van der Waals surface area contributed by atoms with Gasteiger partial charge in [-0.25, -0.2) is 0 Å². The molecule has 2 fully saturated rings. The third-order valence-electron chi connectivity index (χ3n) is 3.26. The zero-order chi connectivity index (χ0) is 10.3. The van der Waals surface area contributed by atoms with Gasteiger partial charge in [-0.15, -0.1) is 0 Å². The lowest BCUT2D eigenvalue weighted by Crippen LogP contribution is -2.50. The first kappa shape index (κ1) is 9.65. The van der Waals surface area contributed by atoms with Crippen LogP contribution in [0.15, 0.2) is 0 Å². The summed E-state index contributed by atoms with van der Waals surface area (Å²) >= 11 is 0. The Hall–Kier alpha value is -0.900. The molecule has 0 radical (unpaired) electrons. The summed E-state index contributed by atoms with van der Waals surface area (Å²) in [5.41, 5.74) is -0.345. The second-order valence-electron chi connectivity index (χ2n) is 4.20. The molecule has 1 saturated carbocycles. The van der Waals surface area contributed by atoms with Crippen LogP contribution in [0, 0.1) is 0 Å². The predicted molar refractivity (Wildman–Crippen MR) is 51.6 cm³/mol. The largest absolute Gasteiger partial charge is 0.323 e. The van der Waals surface area contributed by atoms with Crippen LogP contribution in [0.4, 0.5) is 0 Å². The average Bonchev–Trinajstić information content (AvgIpc) is 2.58. The van der Waals surface area contributed by atoms with Crippen LogP contribution < -0.4 is 5.32 Å². The van der Waals surface area contributed by atoms with Crippen LogP contribution in [0.2, 0.25) is 0 Å². The van der Waals surface area contributed by atoms with E-state index in [1.165, 1.54) is 0 Å². The minimum atomic E-state index is -0.345. The smallest absolute Gasteiger partial charge is 0.240 e. The van der Waals surface area contributed by atoms with Gasteiger partial charge >= 0.3 is 0 Å². The minimum Gasteiger partial charge on any atom is -0.323 e. The van der Waals surface area contributed by atoms with Crippen LogP contribution in [0.3, 0.4) is 0 Å². The third-order valence-corrected chi connectivity index (χ3v) is 3.26. The van der Waals surface area contributed by atoms with Crippen molar-refractivity contribution in [1.29, 1.82) is 0 Å². The van der Waals surface area contributed by atoms with E-state index in [1.807, 2.05) is 18.7 Å². The lowest BCUT2D eigenvalue weighted by Gasteiger charge is -2.33. The van der Waals surface area contributed by atoms with Gasteiger partial charge in [-0.05, 0) is 20.3 Å². The van der Waals surface area contributed by atoms with Gasteiger partial charge in [0.1, 0.15) is 11.4 Å². The van der Waals surface area contributed by atoms with Crippen LogP contribution in [-0.4, -0.2) is 34.8 Å². The van der Waals surface area contributed by atoms with Crippen LogP contribution in [0.5, 0.6) is 0 Å². The van der Waals surface area contributed by atoms with Crippen molar-refractivity contribution in [2.24, 2.45) is 0 Å². The first-order valence-corrected chi connectivity index (χ1v) is 5.20. The van der Waals surface area contributed by atoms with Crippen molar-refractivity contribution < 1.29 is 9.59 Å². The highest BCUT2D eigenvalue weighted by atomic mass is 16.2. The molecule has 0 bridgehead atoms. The molecule has 2 aliphatic rings. The zero-order valence-corrected chi connectivity index (χ0v) is 8.67. The molecular formula is C10H16N2O2. The van der Waals surface area contributed by atoms with E-state index in [-0.39, 0.29) is 23.4 Å². The number of amides is 1. The SMILES string of the molecule is CCN1C(=O)C(C)NC12CCC(=O)C2. The Morgan fingerprint density at radius 1 is 1.57 bits per heavy atom. The number of rotatable bonds is 1. The molecule has 14 heavy (non-hydrogen) atoms. The number of ketones is 1. The quantitative estimate of drug-likeness (QED) is 0.655. The third kappa shape index (κ3) is 1.17. The summed E-state index contributed by atoms with van der Waals surface area (Å²) in [6.45, 7) is 4.51. The highest BCUT2D eigenvalue weighted by molar-refractivity contribution is 5.89. The predicted octanol–water partition coefficient (Wildman–Crippen LogP) is 0.276. The number of carbonyl (C=O) groups is 2. The number of hydrogen-bond acceptors (Lipinski definition) is 3. The van der Waals surface area contributed by atoms with Gasteiger partial charge < -0.3 is 4.90 Å². The molecule has 2 unspecified atom stereocenters. The van der Waals surface area contributed by atoms with Gasteiger partial charge in [-0.2, -0.15) is 0 Å². The Morgan fingerprint density at radius 3 is 2.79 bits per heavy atom. The highest BCUT2D eigenvalue weighted by Gasteiger charge is 2.51. The molecule has 1 amide bonds. The topological polar surface area (TPSA) is 49.4 Å². The average molecular weight is 196 g/mol. The van der Waals surface area contributed by atoms with Gasteiger partial charge in [0.25, 0.3) is 0 Å². The summed E-state index contributed by atoms with van der Waals surface area (Å²) in [5, 5.41) is 3.27. The van der Waals surface area contributed by atoms with Gasteiger partial charge in [-0.3, -0.25) is 14.9 Å². The lowest BCUT2D eigenvalue weighted by atomic mass is 10.1. The maximum Gasteiger partial charge on any atom is 0.240 e. The molecule has 1 aliphatic carbocycles. The molecule has 0 aromatic carbocycles. The molecule has 1 spiro atoms. The maximum atomic E-state index is 11.8. The number of carbonyl (C=O) groups excluding carboxylic acids is 2. The molecule has 2 rings (SSSR count). The molecule has 0 aromatic rings. The fraction of sp³-hybridized carbons (Fsp3) is 0.800. The Morgan fingerprint density at radius 2 is 2.29 bits per heavy atom. The summed E-state index contributed by atoms with van der Waals surface area (Å²) in [4.78, 5) is 24.9. The van der Waals surface area contributed by atoms with Crippen molar-refractivity contribution in [2.75, 3.05) is 6.54 Å². The number of nitrogens with one attached hydrogen (secondary N) is 1. The van der Waals surface area contributed by atoms with Crippen LogP contribution in [0.25, 0.3) is 0 Å². The number of likely N-dealkylation sites (N-methyl/N-ethyl adjacent to an activating group) is 1. The number of Topliss-reactive ketones (excluding diaryl/α,β-unsaturated/α-hetero) is 1. The summed E-state index contributed by atoms with van der Waals surface area (Å²) < 4.78 is 0. The zero-order valence-electron chi connectivity index (χ0n) is 8.67. The van der Waals surface area contributed by atoms with E-state index >= 15 is 0 Å². The molecule has 0 aromatic heterocycles. The van der Waals surface area contributed by atoms with Gasteiger partial charge in [-0.1, -0.05) is 0 Å². The molecule has 2 atom stereocenters. The molecular weight excluding hydrogens is 180 g/mol. The van der Waals surface area contributed by atoms with E-state index < -0.39 is 0 Å². The van der Waals surface area contributed by atoms with Gasteiger partial charge in [0.05, 0.1) is 6.04 Å². The van der Waals surface area contributed by atoms with Crippen molar-refractivity contribution in [3.63, 3.8) is 0 Å². The highest BCUT2D eigenvalue weighted by Crippen LogP contribution is 2.35. The number of hydrogen-bond donors (Lipinski definition) is 1. The van der Waals surface area contributed by atoms with Gasteiger partial charge in [0, 0.05) is 19.4 Å². The fourth-order valence-electron chi connectivity index (χ4n) is 2.65. The van der Waals surface area contributed by atoms with E-state index in [9.17, 15) is 9.59 Å². The van der Waals surface area contributed by atoms with Crippen LogP contribution in [-0.2, 0) is 9.59 Å². The summed E-state index contributed by atoms with van der Waals surface area (Å²) in [7, 11) is 0. The van der Waals surface area contributed by atoms with Crippen molar-refractivity contribution in [3.8, 4) is 0 Å². The Bertz CT molecular complexity index is 290. The van der Waals surface area contributed by atoms with Crippen molar-refractivity contribution in [2.45, 2.75) is 44.8 Å². The summed E-state index contributed by atoms with van der Waals surface area (Å²) in [6.07, 6.45) is 1.86.